The van der Waals surface area contributed by atoms with E-state index in [0.29, 0.717) is 13.1 Å². The van der Waals surface area contributed by atoms with Crippen LogP contribution in [0, 0.1) is 0 Å². The van der Waals surface area contributed by atoms with Gasteiger partial charge in [-0.15, -0.1) is 0 Å². The Morgan fingerprint density at radius 1 is 0.909 bits per heavy atom. The van der Waals surface area contributed by atoms with E-state index in [-0.39, 0.29) is 18.0 Å². The van der Waals surface area contributed by atoms with E-state index in [2.05, 4.69) is 4.72 Å². The van der Waals surface area contributed by atoms with E-state index in [1.807, 2.05) is 35.2 Å². The zero-order chi connectivity index (χ0) is 15.8. The molecule has 0 aliphatic rings. The Hall–Kier alpha value is -1.89. The van der Waals surface area contributed by atoms with Gasteiger partial charge < -0.3 is 10.0 Å². The summed E-state index contributed by atoms with van der Waals surface area (Å²) in [5.74, 6) is 0. The number of rotatable bonds is 8. The fourth-order valence-corrected chi connectivity index (χ4v) is 3.17. The van der Waals surface area contributed by atoms with Crippen LogP contribution in [0.2, 0.25) is 0 Å². The maximum absolute atomic E-state index is 12.1. The van der Waals surface area contributed by atoms with E-state index in [9.17, 15) is 8.42 Å². The maximum atomic E-state index is 12.1. The van der Waals surface area contributed by atoms with E-state index in [1.54, 1.807) is 30.3 Å². The number of sulfonamides is 1. The average molecular weight is 320 g/mol. The van der Waals surface area contributed by atoms with Crippen molar-refractivity contribution in [2.45, 2.75) is 4.90 Å². The Kier molecular flexibility index (Phi) is 5.94. The van der Waals surface area contributed by atoms with Gasteiger partial charge in [-0.1, -0.05) is 36.4 Å². The molecule has 2 aromatic rings. The lowest BCUT2D eigenvalue weighted by Crippen LogP contribution is -2.36. The highest BCUT2D eigenvalue weighted by Gasteiger charge is 2.13. The normalized spacial score (nSPS) is 11.3. The van der Waals surface area contributed by atoms with Crippen LogP contribution in [-0.2, 0) is 10.0 Å². The van der Waals surface area contributed by atoms with E-state index in [0.717, 1.165) is 5.69 Å². The molecule has 0 unspecified atom stereocenters. The summed E-state index contributed by atoms with van der Waals surface area (Å²) in [6.07, 6.45) is 0. The van der Waals surface area contributed by atoms with Gasteiger partial charge in [0, 0.05) is 25.3 Å². The number of benzene rings is 2. The van der Waals surface area contributed by atoms with Gasteiger partial charge in [-0.3, -0.25) is 0 Å². The monoisotopic (exact) mass is 320 g/mol. The summed E-state index contributed by atoms with van der Waals surface area (Å²) in [5, 5.41) is 9.15. The van der Waals surface area contributed by atoms with Crippen molar-refractivity contribution in [2.75, 3.05) is 31.1 Å². The number of para-hydroxylation sites is 1. The van der Waals surface area contributed by atoms with Gasteiger partial charge >= 0.3 is 0 Å². The number of aliphatic hydroxyl groups is 1. The smallest absolute Gasteiger partial charge is 0.240 e. The van der Waals surface area contributed by atoms with E-state index >= 15 is 0 Å². The lowest BCUT2D eigenvalue weighted by Gasteiger charge is -2.24. The van der Waals surface area contributed by atoms with Gasteiger partial charge in [-0.05, 0) is 24.3 Å². The molecule has 0 saturated heterocycles. The molecule has 2 N–H and O–H groups in total. The van der Waals surface area contributed by atoms with Crippen LogP contribution in [0.15, 0.2) is 65.6 Å². The molecule has 0 bridgehead atoms. The number of hydrogen-bond acceptors (Lipinski definition) is 4. The first-order valence-corrected chi connectivity index (χ1v) is 8.57. The molecule has 0 spiro atoms. The van der Waals surface area contributed by atoms with Gasteiger partial charge in [-0.2, -0.15) is 0 Å². The third kappa shape index (κ3) is 4.56. The van der Waals surface area contributed by atoms with Crippen molar-refractivity contribution in [3.63, 3.8) is 0 Å². The number of nitrogens with zero attached hydrogens (tertiary/aromatic N) is 1. The summed E-state index contributed by atoms with van der Waals surface area (Å²) < 4.78 is 26.8. The molecule has 0 saturated carbocycles. The molecule has 0 aromatic heterocycles. The molecule has 0 atom stereocenters. The molecular formula is C16H20N2O3S. The second kappa shape index (κ2) is 7.93. The number of nitrogens with one attached hydrogen (secondary N) is 1. The third-order valence-electron chi connectivity index (χ3n) is 3.22. The van der Waals surface area contributed by atoms with Crippen LogP contribution in [0.3, 0.4) is 0 Å². The van der Waals surface area contributed by atoms with Gasteiger partial charge in [0.2, 0.25) is 10.0 Å². The van der Waals surface area contributed by atoms with Gasteiger partial charge in [0.05, 0.1) is 11.5 Å². The van der Waals surface area contributed by atoms with Crippen molar-refractivity contribution in [1.29, 1.82) is 0 Å². The second-order valence-electron chi connectivity index (χ2n) is 4.76. The summed E-state index contributed by atoms with van der Waals surface area (Å²) in [4.78, 5) is 2.19. The highest BCUT2D eigenvalue weighted by Crippen LogP contribution is 2.12. The van der Waals surface area contributed by atoms with Crippen LogP contribution in [-0.4, -0.2) is 39.8 Å². The predicted octanol–water partition coefficient (Wildman–Crippen LogP) is 1.46. The number of hydrogen-bond donors (Lipinski definition) is 2. The van der Waals surface area contributed by atoms with Crippen LogP contribution in [0.1, 0.15) is 0 Å². The van der Waals surface area contributed by atoms with Crippen LogP contribution >= 0.6 is 0 Å². The SMILES string of the molecule is O=S(=O)(NCCN(CCO)c1ccccc1)c1ccccc1. The lowest BCUT2D eigenvalue weighted by atomic mass is 10.3. The Labute approximate surface area is 131 Å². The Bertz CT molecular complexity index is 660. The molecule has 0 amide bonds. The number of anilines is 1. The Morgan fingerprint density at radius 3 is 2.09 bits per heavy atom. The Balaban J connectivity index is 1.96. The van der Waals surface area contributed by atoms with Crippen LogP contribution < -0.4 is 9.62 Å². The molecule has 0 aliphatic heterocycles. The third-order valence-corrected chi connectivity index (χ3v) is 4.70. The minimum Gasteiger partial charge on any atom is -0.395 e. The summed E-state index contributed by atoms with van der Waals surface area (Å²) in [7, 11) is -3.49. The summed E-state index contributed by atoms with van der Waals surface area (Å²) in [6.45, 7) is 1.22. The zero-order valence-electron chi connectivity index (χ0n) is 12.2. The fourth-order valence-electron chi connectivity index (χ4n) is 2.13. The lowest BCUT2D eigenvalue weighted by molar-refractivity contribution is 0.302. The van der Waals surface area contributed by atoms with Crippen LogP contribution in [0.5, 0.6) is 0 Å². The van der Waals surface area contributed by atoms with Gasteiger partial charge in [0.15, 0.2) is 0 Å². The minimum atomic E-state index is -3.49. The molecule has 0 aliphatic carbocycles. The molecule has 2 rings (SSSR count). The van der Waals surface area contributed by atoms with Crippen molar-refractivity contribution in [3.05, 3.63) is 60.7 Å². The highest BCUT2D eigenvalue weighted by molar-refractivity contribution is 7.89. The standard InChI is InChI=1S/C16H20N2O3S/c19-14-13-18(15-7-3-1-4-8-15)12-11-17-22(20,21)16-9-5-2-6-10-16/h1-10,17,19H,11-14H2. The quantitative estimate of drug-likeness (QED) is 0.773. The van der Waals surface area contributed by atoms with Crippen LogP contribution in [0.25, 0.3) is 0 Å². The summed E-state index contributed by atoms with van der Waals surface area (Å²) >= 11 is 0. The molecule has 5 nitrogen and oxygen atoms in total. The van der Waals surface area contributed by atoms with Crippen LogP contribution in [0.4, 0.5) is 5.69 Å². The molecule has 0 heterocycles. The molecule has 22 heavy (non-hydrogen) atoms. The van der Waals surface area contributed by atoms with Crippen molar-refractivity contribution in [1.82, 2.24) is 4.72 Å². The first-order chi connectivity index (χ1) is 10.6. The highest BCUT2D eigenvalue weighted by atomic mass is 32.2. The first-order valence-electron chi connectivity index (χ1n) is 7.09. The largest absolute Gasteiger partial charge is 0.395 e. The number of aliphatic hydroxyl groups excluding tert-OH is 1. The first kappa shape index (κ1) is 16.5. The molecule has 0 radical (unpaired) electrons. The molecular weight excluding hydrogens is 300 g/mol. The molecule has 0 fully saturated rings. The van der Waals surface area contributed by atoms with Crippen molar-refractivity contribution in [3.8, 4) is 0 Å². The minimum absolute atomic E-state index is 0.0142. The topological polar surface area (TPSA) is 69.6 Å². The van der Waals surface area contributed by atoms with E-state index < -0.39 is 10.0 Å². The maximum Gasteiger partial charge on any atom is 0.240 e. The van der Waals surface area contributed by atoms with Crippen molar-refractivity contribution in [2.24, 2.45) is 0 Å². The van der Waals surface area contributed by atoms with Gasteiger partial charge in [-0.25, -0.2) is 13.1 Å². The van der Waals surface area contributed by atoms with E-state index in [4.69, 9.17) is 5.11 Å². The molecule has 2 aromatic carbocycles. The molecule has 118 valence electrons. The van der Waals surface area contributed by atoms with Gasteiger partial charge in [0.1, 0.15) is 0 Å². The fraction of sp³-hybridized carbons (Fsp3) is 0.250. The second-order valence-corrected chi connectivity index (χ2v) is 6.52. The zero-order valence-corrected chi connectivity index (χ0v) is 13.0. The summed E-state index contributed by atoms with van der Waals surface area (Å²) in [5.41, 5.74) is 0.954. The van der Waals surface area contributed by atoms with E-state index in [1.165, 1.54) is 0 Å². The van der Waals surface area contributed by atoms with Crippen molar-refractivity contribution < 1.29 is 13.5 Å². The predicted molar refractivity (Wildman–Crippen MR) is 87.4 cm³/mol. The summed E-state index contributed by atoms with van der Waals surface area (Å²) in [6, 6.07) is 17.9. The molecule has 6 heteroatoms. The van der Waals surface area contributed by atoms with Gasteiger partial charge in [0.25, 0.3) is 0 Å². The average Bonchev–Trinajstić information content (AvgIpc) is 2.55. The Morgan fingerprint density at radius 2 is 1.50 bits per heavy atom. The van der Waals surface area contributed by atoms with Crippen molar-refractivity contribution >= 4 is 15.7 Å².